The van der Waals surface area contributed by atoms with Crippen molar-refractivity contribution >= 4 is 10.1 Å². The second-order valence-electron chi connectivity index (χ2n) is 8.86. The van der Waals surface area contributed by atoms with Crippen LogP contribution in [-0.4, -0.2) is 29.9 Å². The van der Waals surface area contributed by atoms with Crippen LogP contribution in [0.5, 0.6) is 0 Å². The van der Waals surface area contributed by atoms with E-state index in [-0.39, 0.29) is 63.2 Å². The molecule has 6 heteroatoms. The molecule has 0 radical (unpaired) electrons. The molecule has 0 aromatic rings. The summed E-state index contributed by atoms with van der Waals surface area (Å²) in [5.74, 6) is -0.203. The zero-order chi connectivity index (χ0) is 21.6. The largest absolute Gasteiger partial charge is 1.00 e. The van der Waals surface area contributed by atoms with Crippen molar-refractivity contribution in [2.75, 3.05) is 5.75 Å². The predicted octanol–water partition coefficient (Wildman–Crippen LogP) is 4.11. The molecule has 0 fully saturated rings. The van der Waals surface area contributed by atoms with Gasteiger partial charge in [-0.15, -0.1) is 0 Å². The minimum atomic E-state index is -4.02. The fraction of sp³-hybridized carbons (Fsp3) is 1.00. The van der Waals surface area contributed by atoms with Gasteiger partial charge in [-0.25, -0.2) is 8.42 Å². The third kappa shape index (κ3) is 29.5. The molecule has 1 atom stereocenters. The first-order valence-corrected chi connectivity index (χ1v) is 14.1. The summed E-state index contributed by atoms with van der Waals surface area (Å²) in [7, 11) is -4.02. The number of hydrogen-bond donors (Lipinski definition) is 1. The van der Waals surface area contributed by atoms with Gasteiger partial charge in [-0.1, -0.05) is 122 Å². The fourth-order valence-corrected chi connectivity index (χ4v) is 4.47. The standard InChI is InChI=1S/C24H50O4S.K/c1-2-3-4-5-15-18-21-24(25)22-19-16-13-11-9-7-6-8-10-12-14-17-20-23-29(26,27)28;/h24-25H,2-23H2,1H3,(H,26,27,28);/q;+1/p-1. The monoisotopic (exact) mass is 472 g/mol. The van der Waals surface area contributed by atoms with Gasteiger partial charge in [0.15, 0.2) is 0 Å². The zero-order valence-corrected chi connectivity index (χ0v) is 24.2. The summed E-state index contributed by atoms with van der Waals surface area (Å²) in [6.45, 7) is 2.24. The molecule has 0 aliphatic rings. The normalized spacial score (nSPS) is 12.6. The Balaban J connectivity index is 0. The van der Waals surface area contributed by atoms with E-state index >= 15 is 0 Å². The second kappa shape index (κ2) is 25.1. The molecular formula is C24H49KO4S. The summed E-state index contributed by atoms with van der Waals surface area (Å²) < 4.78 is 31.5. The van der Waals surface area contributed by atoms with Crippen LogP contribution < -0.4 is 51.4 Å². The Kier molecular flexibility index (Phi) is 28.2. The summed E-state index contributed by atoms with van der Waals surface area (Å²) in [5, 5.41) is 10.0. The average Bonchev–Trinajstić information content (AvgIpc) is 2.66. The van der Waals surface area contributed by atoms with E-state index in [1.807, 2.05) is 0 Å². The first-order valence-electron chi connectivity index (χ1n) is 12.6. The van der Waals surface area contributed by atoms with E-state index in [2.05, 4.69) is 6.92 Å². The van der Waals surface area contributed by atoms with Crippen LogP contribution in [-0.2, 0) is 10.1 Å². The molecule has 0 saturated heterocycles. The minimum Gasteiger partial charge on any atom is -0.748 e. The van der Waals surface area contributed by atoms with Crippen LogP contribution in [0.3, 0.4) is 0 Å². The number of aliphatic hydroxyl groups is 1. The molecule has 0 amide bonds. The van der Waals surface area contributed by atoms with E-state index in [4.69, 9.17) is 0 Å². The second-order valence-corrected chi connectivity index (χ2v) is 10.4. The van der Waals surface area contributed by atoms with Crippen LogP contribution in [0.25, 0.3) is 0 Å². The van der Waals surface area contributed by atoms with Crippen LogP contribution in [0.15, 0.2) is 0 Å². The Hall–Kier alpha value is 1.51. The molecule has 0 aromatic heterocycles. The summed E-state index contributed by atoms with van der Waals surface area (Å²) in [6, 6.07) is 0. The van der Waals surface area contributed by atoms with Crippen molar-refractivity contribution in [3.8, 4) is 0 Å². The van der Waals surface area contributed by atoms with Crippen molar-refractivity contribution in [1.82, 2.24) is 0 Å². The molecule has 0 aliphatic heterocycles. The van der Waals surface area contributed by atoms with Gasteiger partial charge in [-0.3, -0.25) is 0 Å². The summed E-state index contributed by atoms with van der Waals surface area (Å²) in [6.07, 6.45) is 24.7. The van der Waals surface area contributed by atoms with E-state index in [1.165, 1.54) is 96.3 Å². The van der Waals surface area contributed by atoms with Gasteiger partial charge in [0.2, 0.25) is 0 Å². The van der Waals surface area contributed by atoms with Crippen molar-refractivity contribution in [2.24, 2.45) is 0 Å². The molecule has 30 heavy (non-hydrogen) atoms. The number of unbranched alkanes of at least 4 members (excludes halogenated alkanes) is 17. The van der Waals surface area contributed by atoms with Gasteiger partial charge in [-0.05, 0) is 19.3 Å². The van der Waals surface area contributed by atoms with Crippen LogP contribution >= 0.6 is 0 Å². The van der Waals surface area contributed by atoms with Crippen LogP contribution in [0.2, 0.25) is 0 Å². The molecule has 0 bridgehead atoms. The minimum absolute atomic E-state index is 0. The third-order valence-electron chi connectivity index (χ3n) is 5.82. The first kappa shape index (κ1) is 33.7. The summed E-state index contributed by atoms with van der Waals surface area (Å²) >= 11 is 0. The Morgan fingerprint density at radius 2 is 0.900 bits per heavy atom. The number of hydrogen-bond acceptors (Lipinski definition) is 4. The molecule has 4 nitrogen and oxygen atoms in total. The molecule has 0 aromatic carbocycles. The molecule has 1 N–H and O–H groups in total. The van der Waals surface area contributed by atoms with Gasteiger partial charge in [-0.2, -0.15) is 0 Å². The van der Waals surface area contributed by atoms with Gasteiger partial charge in [0.25, 0.3) is 0 Å². The maximum atomic E-state index is 10.5. The maximum Gasteiger partial charge on any atom is 1.00 e. The number of rotatable bonds is 23. The van der Waals surface area contributed by atoms with Crippen molar-refractivity contribution in [3.05, 3.63) is 0 Å². The van der Waals surface area contributed by atoms with Crippen molar-refractivity contribution in [2.45, 2.75) is 148 Å². The van der Waals surface area contributed by atoms with Crippen LogP contribution in [0.4, 0.5) is 0 Å². The van der Waals surface area contributed by atoms with Crippen molar-refractivity contribution in [3.63, 3.8) is 0 Å². The van der Waals surface area contributed by atoms with Gasteiger partial charge >= 0.3 is 51.4 Å². The molecule has 0 rings (SSSR count). The van der Waals surface area contributed by atoms with E-state index in [0.29, 0.717) is 6.42 Å². The van der Waals surface area contributed by atoms with E-state index in [9.17, 15) is 18.1 Å². The van der Waals surface area contributed by atoms with Crippen LogP contribution in [0, 0.1) is 0 Å². The number of aliphatic hydroxyl groups excluding tert-OH is 1. The summed E-state index contributed by atoms with van der Waals surface area (Å²) in [4.78, 5) is 0. The molecular weight excluding hydrogens is 423 g/mol. The van der Waals surface area contributed by atoms with Gasteiger partial charge < -0.3 is 9.66 Å². The Morgan fingerprint density at radius 1 is 0.600 bits per heavy atom. The Bertz CT molecular complexity index is 429. The third-order valence-corrected chi connectivity index (χ3v) is 6.61. The molecule has 0 saturated carbocycles. The van der Waals surface area contributed by atoms with E-state index in [0.717, 1.165) is 32.1 Å². The quantitative estimate of drug-likeness (QED) is 0.138. The Labute approximate surface area is 230 Å². The molecule has 0 heterocycles. The maximum absolute atomic E-state index is 10.5. The topological polar surface area (TPSA) is 77.4 Å². The van der Waals surface area contributed by atoms with E-state index < -0.39 is 10.1 Å². The zero-order valence-electron chi connectivity index (χ0n) is 20.2. The van der Waals surface area contributed by atoms with Crippen LogP contribution in [0.1, 0.15) is 142 Å². The predicted molar refractivity (Wildman–Crippen MR) is 123 cm³/mol. The molecule has 0 aliphatic carbocycles. The first-order chi connectivity index (χ1) is 14.0. The average molecular weight is 473 g/mol. The SMILES string of the molecule is CCCCCCCCC(O)CCCCCCCCCCCCCCCS(=O)(=O)[O-].[K+]. The fourth-order valence-electron chi connectivity index (χ4n) is 3.91. The van der Waals surface area contributed by atoms with Gasteiger partial charge in [0, 0.05) is 5.75 Å². The van der Waals surface area contributed by atoms with Crippen molar-refractivity contribution < 1.29 is 69.5 Å². The Morgan fingerprint density at radius 3 is 1.23 bits per heavy atom. The summed E-state index contributed by atoms with van der Waals surface area (Å²) in [5.41, 5.74) is 0. The van der Waals surface area contributed by atoms with Gasteiger partial charge in [0.1, 0.15) is 0 Å². The molecule has 1 unspecified atom stereocenters. The van der Waals surface area contributed by atoms with Gasteiger partial charge in [0.05, 0.1) is 16.2 Å². The molecule has 176 valence electrons. The van der Waals surface area contributed by atoms with Crippen molar-refractivity contribution in [1.29, 1.82) is 0 Å². The smallest absolute Gasteiger partial charge is 0.748 e. The van der Waals surface area contributed by atoms with E-state index in [1.54, 1.807) is 0 Å². The molecule has 0 spiro atoms.